The largest absolute Gasteiger partial charge is 0.493 e. The van der Waals surface area contributed by atoms with Gasteiger partial charge in [0.2, 0.25) is 0 Å². The van der Waals surface area contributed by atoms with Crippen LogP contribution < -0.4 is 14.8 Å². The molecule has 0 spiro atoms. The number of ether oxygens (including phenoxy) is 2. The predicted molar refractivity (Wildman–Crippen MR) is 82.0 cm³/mol. The van der Waals surface area contributed by atoms with Crippen LogP contribution in [0.5, 0.6) is 11.5 Å². The van der Waals surface area contributed by atoms with Crippen LogP contribution in [0.15, 0.2) is 18.2 Å². The summed E-state index contributed by atoms with van der Waals surface area (Å²) in [4.78, 5) is 11.9. The van der Waals surface area contributed by atoms with Gasteiger partial charge in [-0.05, 0) is 37.5 Å². The van der Waals surface area contributed by atoms with Crippen molar-refractivity contribution in [2.45, 2.75) is 33.3 Å². The number of benzene rings is 1. The highest BCUT2D eigenvalue weighted by Gasteiger charge is 2.11. The van der Waals surface area contributed by atoms with Gasteiger partial charge in [0.15, 0.2) is 11.5 Å². The summed E-state index contributed by atoms with van der Waals surface area (Å²) in [6, 6.07) is 5.06. The molecule has 0 aliphatic rings. The molecule has 0 radical (unpaired) electrons. The van der Waals surface area contributed by atoms with E-state index in [1.54, 1.807) is 32.2 Å². The molecular formula is C16H25NO4. The van der Waals surface area contributed by atoms with Crippen LogP contribution in [-0.4, -0.2) is 37.4 Å². The summed E-state index contributed by atoms with van der Waals surface area (Å²) < 4.78 is 10.9. The molecule has 5 nitrogen and oxygen atoms in total. The summed E-state index contributed by atoms with van der Waals surface area (Å²) in [5.41, 5.74) is 0.476. The quantitative estimate of drug-likeness (QED) is 0.772. The maximum Gasteiger partial charge on any atom is 0.251 e. The second kappa shape index (κ2) is 8.52. The van der Waals surface area contributed by atoms with Crippen molar-refractivity contribution in [3.63, 3.8) is 0 Å². The number of hydrogen-bond acceptors (Lipinski definition) is 4. The Kier molecular flexibility index (Phi) is 7.02. The van der Waals surface area contributed by atoms with Gasteiger partial charge in [0.05, 0.1) is 19.8 Å². The van der Waals surface area contributed by atoms with Crippen LogP contribution in [0.3, 0.4) is 0 Å². The van der Waals surface area contributed by atoms with Gasteiger partial charge in [0.25, 0.3) is 5.91 Å². The van der Waals surface area contributed by atoms with Gasteiger partial charge in [-0.2, -0.15) is 0 Å². The van der Waals surface area contributed by atoms with Crippen LogP contribution >= 0.6 is 0 Å². The lowest BCUT2D eigenvalue weighted by molar-refractivity contribution is 0.0923. The van der Waals surface area contributed by atoms with Gasteiger partial charge < -0.3 is 19.9 Å². The molecule has 1 unspecified atom stereocenters. The first-order chi connectivity index (χ1) is 9.93. The molecule has 21 heavy (non-hydrogen) atoms. The highest BCUT2D eigenvalue weighted by molar-refractivity contribution is 5.94. The van der Waals surface area contributed by atoms with Gasteiger partial charge in [-0.25, -0.2) is 0 Å². The van der Waals surface area contributed by atoms with Crippen molar-refractivity contribution in [1.82, 2.24) is 5.32 Å². The Labute approximate surface area is 126 Å². The first-order valence-electron chi connectivity index (χ1n) is 7.21. The number of carbonyl (C=O) groups is 1. The van der Waals surface area contributed by atoms with Crippen molar-refractivity contribution in [1.29, 1.82) is 0 Å². The molecule has 1 aromatic rings. The maximum absolute atomic E-state index is 11.9. The number of rotatable bonds is 8. The molecule has 0 saturated heterocycles. The van der Waals surface area contributed by atoms with Crippen molar-refractivity contribution in [3.8, 4) is 11.5 Å². The van der Waals surface area contributed by atoms with Gasteiger partial charge in [0, 0.05) is 12.1 Å². The van der Waals surface area contributed by atoms with Crippen LogP contribution in [-0.2, 0) is 0 Å². The number of aliphatic hydroxyl groups is 1. The number of hydrogen-bond donors (Lipinski definition) is 2. The number of carbonyl (C=O) groups excluding carboxylic acids is 1. The fraction of sp³-hybridized carbons (Fsp3) is 0.562. The van der Waals surface area contributed by atoms with Crippen molar-refractivity contribution in [2.24, 2.45) is 5.92 Å². The Morgan fingerprint density at radius 1 is 1.29 bits per heavy atom. The molecule has 0 fully saturated rings. The van der Waals surface area contributed by atoms with E-state index in [4.69, 9.17) is 9.47 Å². The van der Waals surface area contributed by atoms with Crippen LogP contribution in [0.2, 0.25) is 0 Å². The summed E-state index contributed by atoms with van der Waals surface area (Å²) in [6.07, 6.45) is 0.384. The predicted octanol–water partition coefficient (Wildman–Crippen LogP) is 2.23. The first kappa shape index (κ1) is 17.3. The lowest BCUT2D eigenvalue weighted by atomic mass is 10.1. The smallest absolute Gasteiger partial charge is 0.251 e. The third-order valence-electron chi connectivity index (χ3n) is 2.94. The summed E-state index contributed by atoms with van der Waals surface area (Å²) in [7, 11) is 1.54. The zero-order valence-corrected chi connectivity index (χ0v) is 13.2. The molecule has 0 bridgehead atoms. The van der Waals surface area contributed by atoms with E-state index in [9.17, 15) is 9.90 Å². The standard InChI is InChI=1S/C16H25NO4/c1-11(2)7-8-21-14-6-5-13(9-15(14)20-4)16(19)17-10-12(3)18/h5-6,9,11-12,18H,7-8,10H2,1-4H3,(H,17,19). The molecule has 0 heterocycles. The minimum atomic E-state index is -0.575. The number of nitrogens with one attached hydrogen (secondary N) is 1. The van der Waals surface area contributed by atoms with Gasteiger partial charge in [-0.15, -0.1) is 0 Å². The molecule has 5 heteroatoms. The number of methoxy groups -OCH3 is 1. The monoisotopic (exact) mass is 295 g/mol. The Bertz CT molecular complexity index is 458. The summed E-state index contributed by atoms with van der Waals surface area (Å²) in [5.74, 6) is 1.48. The van der Waals surface area contributed by atoms with E-state index in [0.29, 0.717) is 29.6 Å². The minimum absolute atomic E-state index is 0.216. The molecule has 118 valence electrons. The molecule has 0 aliphatic heterocycles. The second-order valence-electron chi connectivity index (χ2n) is 5.46. The molecule has 1 amide bonds. The summed E-state index contributed by atoms with van der Waals surface area (Å²) in [5, 5.41) is 11.8. The van der Waals surface area contributed by atoms with Gasteiger partial charge in [0.1, 0.15) is 0 Å². The van der Waals surface area contributed by atoms with E-state index < -0.39 is 6.10 Å². The van der Waals surface area contributed by atoms with Crippen molar-refractivity contribution in [2.75, 3.05) is 20.3 Å². The van der Waals surface area contributed by atoms with Crippen LogP contribution in [0.25, 0.3) is 0 Å². The lowest BCUT2D eigenvalue weighted by Crippen LogP contribution is -2.30. The zero-order valence-electron chi connectivity index (χ0n) is 13.2. The highest BCUT2D eigenvalue weighted by atomic mass is 16.5. The Morgan fingerprint density at radius 3 is 2.57 bits per heavy atom. The van der Waals surface area contributed by atoms with E-state index in [2.05, 4.69) is 19.2 Å². The summed E-state index contributed by atoms with van der Waals surface area (Å²) in [6.45, 7) is 6.72. The molecule has 1 aromatic carbocycles. The van der Waals surface area contributed by atoms with Crippen molar-refractivity contribution < 1.29 is 19.4 Å². The normalized spacial score (nSPS) is 12.1. The zero-order chi connectivity index (χ0) is 15.8. The average molecular weight is 295 g/mol. The number of amides is 1. The van der Waals surface area contributed by atoms with E-state index >= 15 is 0 Å². The molecule has 1 atom stereocenters. The van der Waals surface area contributed by atoms with Crippen LogP contribution in [0, 0.1) is 5.92 Å². The Morgan fingerprint density at radius 2 is 2.00 bits per heavy atom. The molecule has 0 saturated carbocycles. The molecule has 0 aliphatic carbocycles. The van der Waals surface area contributed by atoms with E-state index in [1.165, 1.54) is 0 Å². The van der Waals surface area contributed by atoms with Crippen molar-refractivity contribution in [3.05, 3.63) is 23.8 Å². The van der Waals surface area contributed by atoms with Crippen molar-refractivity contribution >= 4 is 5.91 Å². The number of aliphatic hydroxyl groups excluding tert-OH is 1. The fourth-order valence-electron chi connectivity index (χ4n) is 1.68. The highest BCUT2D eigenvalue weighted by Crippen LogP contribution is 2.28. The SMILES string of the molecule is COc1cc(C(=O)NCC(C)O)ccc1OCCC(C)C. The van der Waals surface area contributed by atoms with E-state index in [-0.39, 0.29) is 12.5 Å². The van der Waals surface area contributed by atoms with E-state index in [0.717, 1.165) is 6.42 Å². The van der Waals surface area contributed by atoms with Crippen LogP contribution in [0.4, 0.5) is 0 Å². The molecule has 2 N–H and O–H groups in total. The average Bonchev–Trinajstić information content (AvgIpc) is 2.44. The second-order valence-corrected chi connectivity index (χ2v) is 5.46. The van der Waals surface area contributed by atoms with Crippen LogP contribution in [0.1, 0.15) is 37.6 Å². The third kappa shape index (κ3) is 6.04. The van der Waals surface area contributed by atoms with Gasteiger partial charge in [-0.1, -0.05) is 13.8 Å². The fourth-order valence-corrected chi connectivity index (χ4v) is 1.68. The minimum Gasteiger partial charge on any atom is -0.493 e. The molecule has 0 aromatic heterocycles. The third-order valence-corrected chi connectivity index (χ3v) is 2.94. The molecular weight excluding hydrogens is 270 g/mol. The van der Waals surface area contributed by atoms with Gasteiger partial charge >= 0.3 is 0 Å². The Balaban J connectivity index is 2.71. The maximum atomic E-state index is 11.9. The van der Waals surface area contributed by atoms with Gasteiger partial charge in [-0.3, -0.25) is 4.79 Å². The molecule has 1 rings (SSSR count). The Hall–Kier alpha value is -1.75. The topological polar surface area (TPSA) is 67.8 Å². The van der Waals surface area contributed by atoms with E-state index in [1.807, 2.05) is 0 Å². The first-order valence-corrected chi connectivity index (χ1v) is 7.21. The summed E-state index contributed by atoms with van der Waals surface area (Å²) >= 11 is 0. The lowest BCUT2D eigenvalue weighted by Gasteiger charge is -2.13.